The summed E-state index contributed by atoms with van der Waals surface area (Å²) in [6, 6.07) is 0. The fraction of sp³-hybridized carbons (Fsp3) is 0.857. The Morgan fingerprint density at radius 3 is 0.878 bits per heavy atom. The van der Waals surface area contributed by atoms with E-state index in [0.29, 0.717) is 206 Å². The molecule has 2 heterocycles. The lowest BCUT2D eigenvalue weighted by Gasteiger charge is -2.18. The molecule has 18 nitrogen and oxygen atoms in total. The molecule has 2 aliphatic carbocycles. The summed E-state index contributed by atoms with van der Waals surface area (Å²) in [7, 11) is 0. The van der Waals surface area contributed by atoms with Gasteiger partial charge in [-0.25, -0.2) is 0 Å². The summed E-state index contributed by atoms with van der Waals surface area (Å²) < 4.78 is 53.6. The molecule has 4 rings (SSSR count). The number of carbonyl (C=O) groups is 8. The monoisotopic (exact) mass is 1050 g/mol. The Bertz CT molecular complexity index is 1650. The normalized spacial score (nSPS) is 20.2. The minimum Gasteiger partial charge on any atom is -0.466 e. The predicted molar refractivity (Wildman–Crippen MR) is 269 cm³/mol. The van der Waals surface area contributed by atoms with E-state index >= 15 is 0 Å². The largest absolute Gasteiger partial charge is 0.466 e. The van der Waals surface area contributed by atoms with E-state index in [1.807, 2.05) is 0 Å². The van der Waals surface area contributed by atoms with E-state index in [1.165, 1.54) is 0 Å². The van der Waals surface area contributed by atoms with Gasteiger partial charge in [-0.05, 0) is 179 Å². The topological polar surface area (TPSA) is 235 Å². The molecule has 0 bridgehead atoms. The molecule has 0 aromatic rings. The van der Waals surface area contributed by atoms with Crippen LogP contribution in [0.1, 0.15) is 218 Å². The van der Waals surface area contributed by atoms with Crippen LogP contribution in [0.3, 0.4) is 0 Å². The van der Waals surface area contributed by atoms with E-state index in [-0.39, 0.29) is 59.8 Å². The van der Waals surface area contributed by atoms with Gasteiger partial charge in [-0.15, -0.1) is 0 Å². The molecule has 6 atom stereocenters. The molecular weight excluding hydrogens is 961 g/mol. The third kappa shape index (κ3) is 31.5. The van der Waals surface area contributed by atoms with Crippen LogP contribution < -0.4 is 0 Å². The van der Waals surface area contributed by atoms with Crippen LogP contribution in [0.4, 0.5) is 0 Å². The lowest BCUT2D eigenvalue weighted by atomic mass is 9.89. The first-order chi connectivity index (χ1) is 36.0. The number of fused-ring (bicyclic) bond motifs is 2. The zero-order valence-corrected chi connectivity index (χ0v) is 44.5. The predicted octanol–water partition coefficient (Wildman–Crippen LogP) is 9.39. The number of hydrogen-bond donors (Lipinski definition) is 0. The SMILES string of the molecule is O=C(CCCCCOC(=O)CCCCCOC(=O)CCCCCOC(=O)CCCCCOC(=O)C1CCC2OC2C1)OCCCCCC(=O)OCCCCCC(=O)OCCCCCC(=O)OCC1CCC2OC2C1. The lowest BCUT2D eigenvalue weighted by Crippen LogP contribution is -2.24. The molecule has 0 amide bonds. The van der Waals surface area contributed by atoms with Crippen molar-refractivity contribution in [3.63, 3.8) is 0 Å². The van der Waals surface area contributed by atoms with Gasteiger partial charge in [-0.1, -0.05) is 0 Å². The Balaban J connectivity index is 0.777. The van der Waals surface area contributed by atoms with Crippen molar-refractivity contribution in [2.24, 2.45) is 11.8 Å². The zero-order valence-electron chi connectivity index (χ0n) is 44.5. The molecule has 74 heavy (non-hydrogen) atoms. The van der Waals surface area contributed by atoms with Crippen LogP contribution in [-0.2, 0) is 85.7 Å². The quantitative estimate of drug-likeness (QED) is 0.0239. The fourth-order valence-electron chi connectivity index (χ4n) is 9.22. The minimum atomic E-state index is -0.266. The van der Waals surface area contributed by atoms with Crippen molar-refractivity contribution in [3.8, 4) is 0 Å². The first kappa shape index (κ1) is 62.2. The molecule has 2 saturated carbocycles. The third-order valence-electron chi connectivity index (χ3n) is 13.9. The maximum absolute atomic E-state index is 12.2. The first-order valence-corrected chi connectivity index (χ1v) is 28.6. The van der Waals surface area contributed by atoms with Gasteiger partial charge in [0.25, 0.3) is 0 Å². The summed E-state index contributed by atoms with van der Waals surface area (Å²) in [4.78, 5) is 96.3. The molecule has 4 aliphatic rings. The first-order valence-electron chi connectivity index (χ1n) is 28.6. The van der Waals surface area contributed by atoms with Crippen LogP contribution in [0.25, 0.3) is 0 Å². The van der Waals surface area contributed by atoms with E-state index in [2.05, 4.69) is 0 Å². The summed E-state index contributed by atoms with van der Waals surface area (Å²) in [6.45, 7) is 2.75. The van der Waals surface area contributed by atoms with E-state index in [4.69, 9.17) is 47.4 Å². The van der Waals surface area contributed by atoms with Crippen molar-refractivity contribution < 1.29 is 85.7 Å². The maximum atomic E-state index is 12.2. The molecule has 0 radical (unpaired) electrons. The Morgan fingerprint density at radius 1 is 0.284 bits per heavy atom. The van der Waals surface area contributed by atoms with Gasteiger partial charge in [-0.2, -0.15) is 0 Å². The highest BCUT2D eigenvalue weighted by molar-refractivity contribution is 5.73. The number of ether oxygens (including phenoxy) is 10. The van der Waals surface area contributed by atoms with Crippen LogP contribution in [0.5, 0.6) is 0 Å². The highest BCUT2D eigenvalue weighted by atomic mass is 16.6. The summed E-state index contributed by atoms with van der Waals surface area (Å²) >= 11 is 0. The van der Waals surface area contributed by atoms with Crippen LogP contribution in [-0.4, -0.2) is 125 Å². The van der Waals surface area contributed by atoms with Crippen LogP contribution in [0.15, 0.2) is 0 Å². The van der Waals surface area contributed by atoms with Crippen LogP contribution >= 0.6 is 0 Å². The second-order valence-electron chi connectivity index (χ2n) is 20.5. The number of unbranched alkanes of at least 4 members (excludes halogenated alkanes) is 14. The Labute approximate surface area is 439 Å². The molecule has 2 aliphatic heterocycles. The lowest BCUT2D eigenvalue weighted by molar-refractivity contribution is -0.150. The van der Waals surface area contributed by atoms with Crippen molar-refractivity contribution in [1.82, 2.24) is 0 Å². The molecule has 422 valence electrons. The number of hydrogen-bond acceptors (Lipinski definition) is 18. The van der Waals surface area contributed by atoms with Crippen molar-refractivity contribution in [2.75, 3.05) is 52.9 Å². The molecule has 0 aromatic carbocycles. The highest BCUT2D eigenvalue weighted by Crippen LogP contribution is 2.40. The summed E-state index contributed by atoms with van der Waals surface area (Å²) in [5.41, 5.74) is 0. The number of epoxide rings is 2. The maximum Gasteiger partial charge on any atom is 0.309 e. The summed E-state index contributed by atoms with van der Waals surface area (Å²) in [6.07, 6.45) is 24.1. The molecule has 2 saturated heterocycles. The third-order valence-corrected chi connectivity index (χ3v) is 13.9. The van der Waals surface area contributed by atoms with Crippen LogP contribution in [0, 0.1) is 11.8 Å². The smallest absolute Gasteiger partial charge is 0.309 e. The molecule has 0 N–H and O–H groups in total. The van der Waals surface area contributed by atoms with Crippen molar-refractivity contribution in [3.05, 3.63) is 0 Å². The average molecular weight is 1050 g/mol. The molecule has 0 spiro atoms. The highest BCUT2D eigenvalue weighted by Gasteiger charge is 2.46. The van der Waals surface area contributed by atoms with Gasteiger partial charge in [0.15, 0.2) is 0 Å². The molecular formula is C56H90O18. The molecule has 6 unspecified atom stereocenters. The number of esters is 8. The van der Waals surface area contributed by atoms with Gasteiger partial charge in [0.2, 0.25) is 0 Å². The number of carbonyl (C=O) groups excluding carboxylic acids is 8. The minimum absolute atomic E-state index is 0.0426. The number of rotatable bonds is 45. The van der Waals surface area contributed by atoms with E-state index in [9.17, 15) is 38.4 Å². The van der Waals surface area contributed by atoms with E-state index in [1.54, 1.807) is 0 Å². The van der Waals surface area contributed by atoms with Gasteiger partial charge in [0.1, 0.15) is 0 Å². The molecule has 4 fully saturated rings. The zero-order chi connectivity index (χ0) is 52.9. The van der Waals surface area contributed by atoms with Crippen molar-refractivity contribution in [1.29, 1.82) is 0 Å². The summed E-state index contributed by atoms with van der Waals surface area (Å²) in [5, 5.41) is 0. The van der Waals surface area contributed by atoms with Crippen molar-refractivity contribution >= 4 is 47.8 Å². The van der Waals surface area contributed by atoms with E-state index in [0.717, 1.165) is 89.9 Å². The van der Waals surface area contributed by atoms with Crippen molar-refractivity contribution in [2.45, 2.75) is 243 Å². The Kier molecular flexibility index (Phi) is 32.9. The average Bonchev–Trinajstić information content (AvgIpc) is 4.34. The summed E-state index contributed by atoms with van der Waals surface area (Å²) in [5.74, 6) is -1.44. The Morgan fingerprint density at radius 2 is 0.568 bits per heavy atom. The fourth-order valence-corrected chi connectivity index (χ4v) is 9.22. The second kappa shape index (κ2) is 39.1. The molecule has 0 aromatic heterocycles. The van der Waals surface area contributed by atoms with Gasteiger partial charge in [0.05, 0.1) is 83.2 Å². The molecule has 18 heteroatoms. The van der Waals surface area contributed by atoms with E-state index < -0.39 is 0 Å². The Hall–Kier alpha value is -4.32. The van der Waals surface area contributed by atoms with Gasteiger partial charge < -0.3 is 47.4 Å². The van der Waals surface area contributed by atoms with Gasteiger partial charge >= 0.3 is 47.8 Å². The van der Waals surface area contributed by atoms with Crippen LogP contribution in [0.2, 0.25) is 0 Å². The standard InChI is InChI=1S/C56H90O18/c57-49(66-34-16-2-10-24-51(59)68-36-18-4-12-26-53(61)70-38-20-6-14-28-55(63)72-42-43-29-31-45-47(40-43)73-45)22-8-1-15-33-65-50(58)23-9-3-17-35-67-52(60)25-11-5-19-37-69-54(62)27-13-7-21-39-71-56(64)44-30-32-46-48(41-44)74-46/h43-48H,1-42H2. The van der Waals surface area contributed by atoms with Gasteiger partial charge in [-0.3, -0.25) is 38.4 Å². The second-order valence-corrected chi connectivity index (χ2v) is 20.5. The van der Waals surface area contributed by atoms with Gasteiger partial charge in [0, 0.05) is 44.9 Å².